The molecule has 0 spiro atoms. The molecule has 0 unspecified atom stereocenters. The summed E-state index contributed by atoms with van der Waals surface area (Å²) < 4.78 is 41.5. The summed E-state index contributed by atoms with van der Waals surface area (Å²) in [6, 6.07) is 2.85. The lowest BCUT2D eigenvalue weighted by Crippen LogP contribution is -2.63. The van der Waals surface area contributed by atoms with Gasteiger partial charge >= 0.3 is 35.8 Å². The van der Waals surface area contributed by atoms with Crippen LogP contribution < -0.4 is 0 Å². The molecule has 4 aliphatic rings. The largest absolute Gasteiger partial charge is 0.507 e. The lowest BCUT2D eigenvalue weighted by molar-refractivity contribution is -0.282. The molecular weight excluding hydrogens is 1040 g/mol. The van der Waals surface area contributed by atoms with Crippen LogP contribution in [0.4, 0.5) is 0 Å². The first-order valence-corrected chi connectivity index (χ1v) is 22.8. The summed E-state index contributed by atoms with van der Waals surface area (Å²) in [6.07, 6.45) is -12.1. The van der Waals surface area contributed by atoms with Crippen LogP contribution in [0.15, 0.2) is 41.3 Å². The first kappa shape index (κ1) is 49.7. The number of phenolic OH excluding ortho intramolecular Hbond substituents is 13. The zero-order chi connectivity index (χ0) is 54.8. The zero-order valence-electron chi connectivity index (χ0n) is 38.3. The van der Waals surface area contributed by atoms with E-state index in [2.05, 4.69) is 0 Å². The van der Waals surface area contributed by atoms with E-state index in [4.69, 9.17) is 33.2 Å². The Labute approximate surface area is 425 Å². The zero-order valence-corrected chi connectivity index (χ0v) is 39.1. The van der Waals surface area contributed by atoms with Crippen LogP contribution >= 0.6 is 11.8 Å². The number of thioether (sulfide) groups is 1. The average molecular weight is 1070 g/mol. The van der Waals surface area contributed by atoms with E-state index in [1.54, 1.807) is 0 Å². The van der Waals surface area contributed by atoms with E-state index >= 15 is 4.79 Å². The number of rotatable bonds is 3. The van der Waals surface area contributed by atoms with Crippen LogP contribution in [0.1, 0.15) is 63.5 Å². The Balaban J connectivity index is 1.26. The average Bonchev–Trinajstić information content (AvgIpc) is 3.76. The third kappa shape index (κ3) is 7.39. The van der Waals surface area contributed by atoms with Gasteiger partial charge in [0, 0.05) is 44.0 Å². The molecule has 5 aromatic carbocycles. The van der Waals surface area contributed by atoms with Crippen molar-refractivity contribution in [2.75, 3.05) is 19.5 Å². The van der Waals surface area contributed by atoms with Crippen molar-refractivity contribution in [1.29, 1.82) is 0 Å². The molecule has 0 saturated carbocycles. The third-order valence-corrected chi connectivity index (χ3v) is 14.1. The van der Waals surface area contributed by atoms with Gasteiger partial charge in [0.2, 0.25) is 29.6 Å². The minimum Gasteiger partial charge on any atom is -0.507 e. The minimum absolute atomic E-state index is 0.0267. The van der Waals surface area contributed by atoms with Crippen LogP contribution in [0.5, 0.6) is 74.7 Å². The molecule has 5 heterocycles. The first-order chi connectivity index (χ1) is 35.9. The van der Waals surface area contributed by atoms with Crippen LogP contribution in [0.25, 0.3) is 33.2 Å². The van der Waals surface area contributed by atoms with Gasteiger partial charge in [-0.2, -0.15) is 0 Å². The van der Waals surface area contributed by atoms with Gasteiger partial charge in [-0.05, 0) is 43.3 Å². The van der Waals surface area contributed by atoms with E-state index in [0.29, 0.717) is 36.0 Å². The molecule has 13 N–H and O–H groups in total. The highest BCUT2D eigenvalue weighted by Gasteiger charge is 2.56. The van der Waals surface area contributed by atoms with Crippen molar-refractivity contribution in [2.45, 2.75) is 48.6 Å². The topological polar surface area (TPSA) is 435 Å². The van der Waals surface area contributed by atoms with Crippen LogP contribution in [0.3, 0.4) is 0 Å². The molecule has 10 rings (SSSR count). The van der Waals surface area contributed by atoms with Crippen molar-refractivity contribution in [2.24, 2.45) is 0 Å². The van der Waals surface area contributed by atoms with E-state index in [9.17, 15) is 90.4 Å². The van der Waals surface area contributed by atoms with Crippen molar-refractivity contribution in [1.82, 2.24) is 4.57 Å². The lowest BCUT2D eigenvalue weighted by atomic mass is 9.91. The second kappa shape index (κ2) is 17.7. The molecule has 4 bridgehead atoms. The number of carbonyl (C=O) groups excluding carboxylic acids is 6. The Morgan fingerprint density at radius 2 is 1.05 bits per heavy atom. The highest BCUT2D eigenvalue weighted by atomic mass is 32.2. The van der Waals surface area contributed by atoms with Crippen molar-refractivity contribution in [3.63, 3.8) is 0 Å². The van der Waals surface area contributed by atoms with Gasteiger partial charge in [0.25, 0.3) is 0 Å². The van der Waals surface area contributed by atoms with Crippen molar-refractivity contribution >= 4 is 58.5 Å². The number of carbonyl (C=O) groups is 6. The number of nitrogens with zero attached hydrogens (tertiary/aromatic N) is 1. The number of hydrogen-bond acceptors (Lipinski definition) is 27. The van der Waals surface area contributed by atoms with Gasteiger partial charge in [-0.1, -0.05) is 0 Å². The van der Waals surface area contributed by atoms with Gasteiger partial charge < -0.3 is 104 Å². The van der Waals surface area contributed by atoms with E-state index in [0.717, 1.165) is 18.9 Å². The normalized spacial score (nSPS) is 20.8. The standard InChI is InChI=1S/C48H35NO26S/c1-11-3-16-29-41(76-10-17(49(11)29)46(67)69-2)28-27(30(16)55)26-15(8-22(54)34(59)37(26)62)45(66)74-40-39-38(72-47(28)68)23(71-48(40)75-42(63)12-4-18(50)31(56)19(51)5-12)9-70-43(64)13-6-20(52)32(57)35(60)24(13)25-14(44(65)73-39)7-21(53)33(58)36(25)61/h3-8,17,23,38-40,48,50-62H,9-10H2,1-2H3/t17-,23+,38+,39-,40+,48-/m0/s1. The molecule has 1 saturated heterocycles. The molecule has 28 heteroatoms. The number of aromatic hydroxyl groups is 13. The molecule has 1 fully saturated rings. The van der Waals surface area contributed by atoms with E-state index in [1.165, 1.54) is 17.6 Å². The second-order valence-electron chi connectivity index (χ2n) is 17.3. The SMILES string of the molecule is COC(=O)[C@@H]1CSc2c3c(c(O)c4cc(C)n1c24)-c1c(cc(O)c(O)c1O)C(=O)O[C@H]1[C@H](OC(=O)c2cc(O)c(O)c(O)c2)O[C@@H]2COC(=O)c4cc(O)c(O)c(O)c4-c4c(cc(O)c(O)c4O)C(=O)O[C@H]1[C@@H]2OC3=O. The van der Waals surface area contributed by atoms with Gasteiger partial charge in [-0.3, -0.25) is 0 Å². The predicted octanol–water partition coefficient (Wildman–Crippen LogP) is 3.32. The van der Waals surface area contributed by atoms with Gasteiger partial charge in [-0.15, -0.1) is 11.8 Å². The number of esters is 6. The van der Waals surface area contributed by atoms with Gasteiger partial charge in [0.1, 0.15) is 24.5 Å². The molecule has 0 radical (unpaired) electrons. The fourth-order valence-electron chi connectivity index (χ4n) is 9.45. The predicted molar refractivity (Wildman–Crippen MR) is 246 cm³/mol. The Kier molecular flexibility index (Phi) is 11.6. The number of methoxy groups -OCH3 is 1. The van der Waals surface area contributed by atoms with Crippen LogP contribution in [-0.2, 0) is 38.0 Å². The molecule has 394 valence electrons. The van der Waals surface area contributed by atoms with E-state index < -0.39 is 204 Å². The maximum atomic E-state index is 15.5. The summed E-state index contributed by atoms with van der Waals surface area (Å²) in [7, 11) is 1.11. The highest BCUT2D eigenvalue weighted by Crippen LogP contribution is 2.57. The van der Waals surface area contributed by atoms with Crippen LogP contribution in [-0.4, -0.2) is 157 Å². The third-order valence-electron chi connectivity index (χ3n) is 12.9. The molecular formula is C48H35NO26S. The maximum Gasteiger partial charge on any atom is 0.340 e. The number of phenols is 13. The van der Waals surface area contributed by atoms with Gasteiger partial charge in [0.15, 0.2) is 64.0 Å². The van der Waals surface area contributed by atoms with Crippen molar-refractivity contribution in [3.8, 4) is 97.0 Å². The molecule has 76 heavy (non-hydrogen) atoms. The molecule has 0 amide bonds. The fraction of sp³-hybridized carbons (Fsp3) is 0.208. The quantitative estimate of drug-likeness (QED) is 0.0686. The maximum absolute atomic E-state index is 15.5. The first-order valence-electron chi connectivity index (χ1n) is 21.8. The second-order valence-corrected chi connectivity index (χ2v) is 18.3. The van der Waals surface area contributed by atoms with Crippen molar-refractivity contribution in [3.05, 3.63) is 69.9 Å². The monoisotopic (exact) mass is 1070 g/mol. The number of benzene rings is 5. The summed E-state index contributed by atoms with van der Waals surface area (Å²) in [5.41, 5.74) is -8.27. The molecule has 4 aliphatic heterocycles. The molecule has 0 aliphatic carbocycles. The summed E-state index contributed by atoms with van der Waals surface area (Å²) >= 11 is 0.796. The smallest absolute Gasteiger partial charge is 0.340 e. The Morgan fingerprint density at radius 3 is 1.59 bits per heavy atom. The number of hydrogen-bond donors (Lipinski definition) is 13. The number of fused-ring (bicyclic) bond motifs is 7. The summed E-state index contributed by atoms with van der Waals surface area (Å²) in [4.78, 5) is 86.6. The van der Waals surface area contributed by atoms with Crippen LogP contribution in [0, 0.1) is 6.92 Å². The molecule has 1 aromatic heterocycles. The fourth-order valence-corrected chi connectivity index (χ4v) is 10.7. The van der Waals surface area contributed by atoms with Gasteiger partial charge in [0.05, 0.1) is 40.4 Å². The van der Waals surface area contributed by atoms with E-state index in [1.807, 2.05) is 0 Å². The molecule has 6 aromatic rings. The van der Waals surface area contributed by atoms with Gasteiger partial charge in [-0.25, -0.2) is 28.8 Å². The van der Waals surface area contributed by atoms with Crippen molar-refractivity contribution < 1.29 is 128 Å². The Morgan fingerprint density at radius 1 is 0.566 bits per heavy atom. The number of cyclic esters (lactones) is 1. The molecule has 27 nitrogen and oxygen atoms in total. The molecule has 6 atom stereocenters. The highest BCUT2D eigenvalue weighted by molar-refractivity contribution is 7.99. The summed E-state index contributed by atoms with van der Waals surface area (Å²) in [6.45, 7) is 0.266. The Bertz CT molecular complexity index is 3620. The van der Waals surface area contributed by atoms with E-state index in [-0.39, 0.29) is 21.6 Å². The summed E-state index contributed by atoms with van der Waals surface area (Å²) in [5.74, 6) is -25.6. The van der Waals surface area contributed by atoms with Crippen LogP contribution in [0.2, 0.25) is 0 Å². The summed E-state index contributed by atoms with van der Waals surface area (Å²) in [5, 5.41) is 142. The lowest BCUT2D eigenvalue weighted by Gasteiger charge is -2.44. The number of aryl methyl sites for hydroxylation is 1. The minimum atomic E-state index is -2.56. The number of aromatic nitrogens is 1. The number of ether oxygens (including phenoxy) is 7. The Hall–Kier alpha value is -9.83.